The van der Waals surface area contributed by atoms with E-state index in [0.29, 0.717) is 11.3 Å². The van der Waals surface area contributed by atoms with Crippen LogP contribution in [0.15, 0.2) is 23.6 Å². The van der Waals surface area contributed by atoms with Crippen LogP contribution in [0.2, 0.25) is 0 Å². The molecule has 6 heteroatoms. The number of hydrogen-bond acceptors (Lipinski definition) is 6. The molecule has 0 saturated heterocycles. The van der Waals surface area contributed by atoms with Crippen molar-refractivity contribution in [2.45, 2.75) is 26.2 Å². The number of rotatable bonds is 3. The number of nitrogens with two attached hydrogens (primary N) is 1. The Morgan fingerprint density at radius 2 is 2.10 bits per heavy atom. The lowest BCUT2D eigenvalue weighted by Crippen LogP contribution is -2.11. The lowest BCUT2D eigenvalue weighted by Gasteiger charge is -2.14. The Kier molecular flexibility index (Phi) is 4.18. The summed E-state index contributed by atoms with van der Waals surface area (Å²) in [5.41, 5.74) is 8.62. The van der Waals surface area contributed by atoms with Gasteiger partial charge in [-0.2, -0.15) is 0 Å². The highest BCUT2D eigenvalue weighted by atomic mass is 32.1. The van der Waals surface area contributed by atoms with Gasteiger partial charge in [0, 0.05) is 10.8 Å². The summed E-state index contributed by atoms with van der Waals surface area (Å²) in [4.78, 5) is 16.0. The number of carbonyl (C=O) groups excluding carboxylic acids is 1. The Labute approximate surface area is 128 Å². The summed E-state index contributed by atoms with van der Waals surface area (Å²) in [7, 11) is 1.34. The van der Waals surface area contributed by atoms with Crippen LogP contribution in [0.3, 0.4) is 0 Å². The van der Waals surface area contributed by atoms with Crippen molar-refractivity contribution in [1.82, 2.24) is 4.98 Å². The number of aromatic nitrogens is 1. The van der Waals surface area contributed by atoms with Gasteiger partial charge in [-0.05, 0) is 18.2 Å². The zero-order valence-corrected chi connectivity index (χ0v) is 13.4. The van der Waals surface area contributed by atoms with E-state index in [1.807, 2.05) is 5.38 Å². The van der Waals surface area contributed by atoms with E-state index in [1.165, 1.54) is 18.4 Å². The molecule has 0 fully saturated rings. The summed E-state index contributed by atoms with van der Waals surface area (Å²) >= 11 is 1.53. The molecule has 0 radical (unpaired) electrons. The Balaban J connectivity index is 2.20. The molecule has 0 aliphatic rings. The molecule has 21 heavy (non-hydrogen) atoms. The van der Waals surface area contributed by atoms with Crippen LogP contribution in [-0.2, 0) is 10.2 Å². The van der Waals surface area contributed by atoms with E-state index in [-0.39, 0.29) is 5.41 Å². The van der Waals surface area contributed by atoms with Gasteiger partial charge in [-0.25, -0.2) is 9.78 Å². The second-order valence-corrected chi connectivity index (χ2v) is 6.56. The molecule has 0 aliphatic carbocycles. The Hall–Kier alpha value is -2.08. The minimum absolute atomic E-state index is 0.0106. The highest BCUT2D eigenvalue weighted by Crippen LogP contribution is 2.30. The first-order chi connectivity index (χ1) is 9.81. The second-order valence-electron chi connectivity index (χ2n) is 5.71. The molecule has 2 rings (SSSR count). The molecule has 2 aromatic rings. The molecular weight excluding hydrogens is 286 g/mol. The molecule has 1 aromatic heterocycles. The monoisotopic (exact) mass is 305 g/mol. The van der Waals surface area contributed by atoms with E-state index in [4.69, 9.17) is 5.73 Å². The SMILES string of the molecule is COC(=O)c1ccc(Nc2nc(C(C)(C)C)cs2)c(N)c1. The van der Waals surface area contributed by atoms with Gasteiger partial charge >= 0.3 is 5.97 Å². The van der Waals surface area contributed by atoms with E-state index in [2.05, 4.69) is 35.8 Å². The summed E-state index contributed by atoms with van der Waals surface area (Å²) in [6.45, 7) is 6.35. The molecule has 0 spiro atoms. The molecule has 5 nitrogen and oxygen atoms in total. The van der Waals surface area contributed by atoms with Crippen molar-refractivity contribution in [3.8, 4) is 0 Å². The van der Waals surface area contributed by atoms with Crippen molar-refractivity contribution in [1.29, 1.82) is 0 Å². The molecule has 0 atom stereocenters. The average Bonchev–Trinajstić information content (AvgIpc) is 2.88. The maximum absolute atomic E-state index is 11.4. The fraction of sp³-hybridized carbons (Fsp3) is 0.333. The van der Waals surface area contributed by atoms with Crippen LogP contribution < -0.4 is 11.1 Å². The zero-order chi connectivity index (χ0) is 15.6. The van der Waals surface area contributed by atoms with Crippen molar-refractivity contribution in [3.05, 3.63) is 34.8 Å². The van der Waals surface area contributed by atoms with Gasteiger partial charge in [-0.1, -0.05) is 20.8 Å². The maximum atomic E-state index is 11.4. The van der Waals surface area contributed by atoms with E-state index in [0.717, 1.165) is 16.5 Å². The molecule has 3 N–H and O–H groups in total. The number of nitrogen functional groups attached to an aromatic ring is 1. The molecule has 0 aliphatic heterocycles. The third kappa shape index (κ3) is 3.52. The molecular formula is C15H19N3O2S. The van der Waals surface area contributed by atoms with Gasteiger partial charge in [0.2, 0.25) is 0 Å². The molecule has 1 aromatic carbocycles. The molecule has 1 heterocycles. The minimum atomic E-state index is -0.405. The van der Waals surface area contributed by atoms with E-state index in [9.17, 15) is 4.79 Å². The van der Waals surface area contributed by atoms with Crippen molar-refractivity contribution in [2.75, 3.05) is 18.2 Å². The smallest absolute Gasteiger partial charge is 0.337 e. The van der Waals surface area contributed by atoms with Gasteiger partial charge in [-0.3, -0.25) is 0 Å². The largest absolute Gasteiger partial charge is 0.465 e. The Morgan fingerprint density at radius 1 is 1.38 bits per heavy atom. The van der Waals surface area contributed by atoms with Crippen LogP contribution in [0.1, 0.15) is 36.8 Å². The first-order valence-corrected chi connectivity index (χ1v) is 7.40. The number of esters is 1. The van der Waals surface area contributed by atoms with Crippen molar-refractivity contribution in [2.24, 2.45) is 0 Å². The summed E-state index contributed by atoms with van der Waals surface area (Å²) in [6, 6.07) is 5.01. The zero-order valence-electron chi connectivity index (χ0n) is 12.6. The summed E-state index contributed by atoms with van der Waals surface area (Å²) < 4.78 is 4.66. The number of benzene rings is 1. The number of methoxy groups -OCH3 is 1. The number of nitrogens with one attached hydrogen (secondary N) is 1. The van der Waals surface area contributed by atoms with Gasteiger partial charge in [-0.15, -0.1) is 11.3 Å². The number of thiazole rings is 1. The molecule has 0 unspecified atom stereocenters. The van der Waals surface area contributed by atoms with Gasteiger partial charge in [0.15, 0.2) is 5.13 Å². The number of anilines is 3. The molecule has 0 amide bonds. The Bertz CT molecular complexity index is 659. The van der Waals surface area contributed by atoms with Gasteiger partial charge in [0.05, 0.1) is 29.7 Å². The maximum Gasteiger partial charge on any atom is 0.337 e. The summed E-state index contributed by atoms with van der Waals surface area (Å²) in [6.07, 6.45) is 0. The first kappa shape index (κ1) is 15.3. The van der Waals surface area contributed by atoms with Gasteiger partial charge < -0.3 is 15.8 Å². The van der Waals surface area contributed by atoms with Crippen LogP contribution in [0, 0.1) is 0 Å². The number of hydrogen-bond donors (Lipinski definition) is 2. The fourth-order valence-electron chi connectivity index (χ4n) is 1.71. The molecule has 0 saturated carbocycles. The first-order valence-electron chi connectivity index (χ1n) is 6.52. The van der Waals surface area contributed by atoms with Crippen molar-refractivity contribution >= 4 is 33.8 Å². The predicted octanol–water partition coefficient (Wildman–Crippen LogP) is 3.55. The van der Waals surface area contributed by atoms with Crippen LogP contribution in [0.5, 0.6) is 0 Å². The van der Waals surface area contributed by atoms with E-state index < -0.39 is 5.97 Å². The average molecular weight is 305 g/mol. The molecule has 112 valence electrons. The Morgan fingerprint density at radius 3 is 2.62 bits per heavy atom. The lowest BCUT2D eigenvalue weighted by molar-refractivity contribution is 0.0601. The predicted molar refractivity (Wildman–Crippen MR) is 86.3 cm³/mol. The van der Waals surface area contributed by atoms with Gasteiger partial charge in [0.25, 0.3) is 0 Å². The third-order valence-corrected chi connectivity index (χ3v) is 3.74. The third-order valence-electron chi connectivity index (χ3n) is 2.99. The van der Waals surface area contributed by atoms with Crippen LogP contribution in [-0.4, -0.2) is 18.1 Å². The summed E-state index contributed by atoms with van der Waals surface area (Å²) in [5.74, 6) is -0.405. The topological polar surface area (TPSA) is 77.2 Å². The number of ether oxygens (including phenoxy) is 1. The lowest BCUT2D eigenvalue weighted by atomic mass is 9.93. The van der Waals surface area contributed by atoms with Crippen molar-refractivity contribution in [3.63, 3.8) is 0 Å². The van der Waals surface area contributed by atoms with Crippen LogP contribution >= 0.6 is 11.3 Å². The van der Waals surface area contributed by atoms with Crippen LogP contribution in [0.25, 0.3) is 0 Å². The van der Waals surface area contributed by atoms with Gasteiger partial charge in [0.1, 0.15) is 0 Å². The number of carbonyl (C=O) groups is 1. The van der Waals surface area contributed by atoms with Crippen LogP contribution in [0.4, 0.5) is 16.5 Å². The fourth-order valence-corrected chi connectivity index (χ4v) is 2.66. The highest BCUT2D eigenvalue weighted by Gasteiger charge is 2.17. The standard InChI is InChI=1S/C15H19N3O2S/c1-15(2,3)12-8-21-14(18-12)17-11-6-5-9(7-10(11)16)13(19)20-4/h5-8H,16H2,1-4H3,(H,17,18). The van der Waals surface area contributed by atoms with E-state index >= 15 is 0 Å². The second kappa shape index (κ2) is 5.73. The quantitative estimate of drug-likeness (QED) is 0.670. The van der Waals surface area contributed by atoms with Crippen molar-refractivity contribution < 1.29 is 9.53 Å². The normalized spacial score (nSPS) is 11.2. The molecule has 0 bridgehead atoms. The minimum Gasteiger partial charge on any atom is -0.465 e. The highest BCUT2D eigenvalue weighted by molar-refractivity contribution is 7.13. The van der Waals surface area contributed by atoms with E-state index in [1.54, 1.807) is 18.2 Å². The number of nitrogens with zero attached hydrogens (tertiary/aromatic N) is 1. The summed E-state index contributed by atoms with van der Waals surface area (Å²) in [5, 5.41) is 5.98.